The lowest BCUT2D eigenvalue weighted by molar-refractivity contribution is -0.135. The van der Waals surface area contributed by atoms with Crippen molar-refractivity contribution in [2.45, 2.75) is 57.2 Å². The van der Waals surface area contributed by atoms with Crippen LogP contribution in [0, 0.1) is 5.92 Å². The van der Waals surface area contributed by atoms with Gasteiger partial charge in [-0.1, -0.05) is 6.07 Å². The predicted molar refractivity (Wildman–Crippen MR) is 100 cm³/mol. The second kappa shape index (κ2) is 7.66. The smallest absolute Gasteiger partial charge is 0.231 e. The molecule has 0 bridgehead atoms. The van der Waals surface area contributed by atoms with Crippen molar-refractivity contribution in [2.24, 2.45) is 5.92 Å². The fourth-order valence-corrected chi connectivity index (χ4v) is 4.55. The Balaban J connectivity index is 1.32. The number of hydrazine groups is 1. The van der Waals surface area contributed by atoms with Crippen LogP contribution < -0.4 is 20.3 Å². The van der Waals surface area contributed by atoms with Crippen LogP contribution in [-0.2, 0) is 4.79 Å². The van der Waals surface area contributed by atoms with Crippen molar-refractivity contribution >= 4 is 5.91 Å². The van der Waals surface area contributed by atoms with Gasteiger partial charge in [-0.05, 0) is 50.3 Å². The Labute approximate surface area is 160 Å². The lowest BCUT2D eigenvalue weighted by Gasteiger charge is -2.36. The van der Waals surface area contributed by atoms with Gasteiger partial charge in [0.2, 0.25) is 12.7 Å². The number of amides is 1. The van der Waals surface area contributed by atoms with Crippen molar-refractivity contribution < 1.29 is 19.4 Å². The van der Waals surface area contributed by atoms with Gasteiger partial charge in [-0.25, -0.2) is 0 Å². The third-order valence-electron chi connectivity index (χ3n) is 6.27. The Kier molecular flexibility index (Phi) is 5.25. The minimum absolute atomic E-state index is 0.0202. The molecule has 27 heavy (non-hydrogen) atoms. The van der Waals surface area contributed by atoms with Crippen LogP contribution in [0.4, 0.5) is 0 Å². The van der Waals surface area contributed by atoms with Crippen LogP contribution in [0.15, 0.2) is 18.2 Å². The van der Waals surface area contributed by atoms with Gasteiger partial charge in [-0.15, -0.1) is 0 Å². The number of aliphatic hydroxyl groups is 1. The van der Waals surface area contributed by atoms with Crippen LogP contribution in [0.5, 0.6) is 11.5 Å². The van der Waals surface area contributed by atoms with E-state index in [0.29, 0.717) is 37.5 Å². The first-order valence-electron chi connectivity index (χ1n) is 9.89. The first-order valence-corrected chi connectivity index (χ1v) is 9.89. The van der Waals surface area contributed by atoms with Gasteiger partial charge in [-0.2, -0.15) is 0 Å². The van der Waals surface area contributed by atoms with E-state index >= 15 is 0 Å². The van der Waals surface area contributed by atoms with Gasteiger partial charge in [0.15, 0.2) is 11.5 Å². The van der Waals surface area contributed by atoms with Gasteiger partial charge in [-0.3, -0.25) is 15.6 Å². The van der Waals surface area contributed by atoms with E-state index in [0.717, 1.165) is 29.9 Å². The summed E-state index contributed by atoms with van der Waals surface area (Å²) in [6, 6.07) is 6.58. The summed E-state index contributed by atoms with van der Waals surface area (Å²) in [5, 5.41) is 10.7. The number of fused-ring (bicyclic) bond motifs is 1. The van der Waals surface area contributed by atoms with E-state index in [1.165, 1.54) is 0 Å². The third kappa shape index (κ3) is 3.77. The van der Waals surface area contributed by atoms with E-state index in [1.807, 2.05) is 23.1 Å². The maximum absolute atomic E-state index is 12.6. The van der Waals surface area contributed by atoms with Crippen LogP contribution in [0.25, 0.3) is 0 Å². The molecule has 4 rings (SSSR count). The molecular weight excluding hydrogens is 346 g/mol. The summed E-state index contributed by atoms with van der Waals surface area (Å²) < 4.78 is 10.8. The zero-order valence-corrected chi connectivity index (χ0v) is 16.0. The summed E-state index contributed by atoms with van der Waals surface area (Å²) in [6.45, 7) is 5.61. The van der Waals surface area contributed by atoms with Gasteiger partial charge in [0, 0.05) is 37.5 Å². The monoisotopic (exact) mass is 375 g/mol. The summed E-state index contributed by atoms with van der Waals surface area (Å²) in [6.07, 6.45) is 1.59. The van der Waals surface area contributed by atoms with Gasteiger partial charge in [0.25, 0.3) is 0 Å². The zero-order valence-electron chi connectivity index (χ0n) is 16.0. The minimum atomic E-state index is -0.560. The molecule has 148 valence electrons. The lowest BCUT2D eigenvalue weighted by atomic mass is 9.86. The molecular formula is C20H29N3O4. The molecule has 0 aliphatic carbocycles. The number of likely N-dealkylation sites (tertiary alicyclic amines) is 1. The fraction of sp³-hybridized carbons (Fsp3) is 0.650. The molecule has 7 nitrogen and oxygen atoms in total. The molecule has 0 saturated carbocycles. The molecule has 2 fully saturated rings. The van der Waals surface area contributed by atoms with E-state index in [-0.39, 0.29) is 18.6 Å². The molecule has 1 aromatic carbocycles. The minimum Gasteiger partial charge on any atom is -0.454 e. The van der Waals surface area contributed by atoms with Crippen molar-refractivity contribution in [1.82, 2.24) is 15.8 Å². The Morgan fingerprint density at radius 2 is 1.96 bits per heavy atom. The first kappa shape index (κ1) is 18.5. The van der Waals surface area contributed by atoms with E-state index in [2.05, 4.69) is 24.7 Å². The second-order valence-electron chi connectivity index (χ2n) is 7.98. The number of piperidine rings is 1. The molecule has 2 unspecified atom stereocenters. The van der Waals surface area contributed by atoms with Gasteiger partial charge in [0.05, 0.1) is 6.10 Å². The number of nitrogens with zero attached hydrogens (tertiary/aromatic N) is 1. The van der Waals surface area contributed by atoms with Crippen LogP contribution in [-0.4, -0.2) is 54.0 Å². The average Bonchev–Trinajstić information content (AvgIpc) is 3.25. The summed E-state index contributed by atoms with van der Waals surface area (Å²) in [4.78, 5) is 14.5. The largest absolute Gasteiger partial charge is 0.454 e. The highest BCUT2D eigenvalue weighted by Gasteiger charge is 2.34. The number of rotatable bonds is 4. The molecule has 1 aromatic rings. The van der Waals surface area contributed by atoms with Gasteiger partial charge < -0.3 is 19.5 Å². The summed E-state index contributed by atoms with van der Waals surface area (Å²) >= 11 is 0. The summed E-state index contributed by atoms with van der Waals surface area (Å²) in [7, 11) is 0. The van der Waals surface area contributed by atoms with Gasteiger partial charge in [0.1, 0.15) is 0 Å². The highest BCUT2D eigenvalue weighted by atomic mass is 16.7. The van der Waals surface area contributed by atoms with E-state index < -0.39 is 6.10 Å². The molecule has 3 aliphatic rings. The quantitative estimate of drug-likeness (QED) is 0.737. The number of carbonyl (C=O) groups excluding carboxylic acids is 1. The normalized spacial score (nSPS) is 32.7. The molecule has 0 spiro atoms. The van der Waals surface area contributed by atoms with Crippen molar-refractivity contribution in [3.05, 3.63) is 23.8 Å². The Morgan fingerprint density at radius 3 is 2.70 bits per heavy atom. The standard InChI is InChI=1S/C20H29N3O4/c1-12-15(13(2)22-21-12)4-6-20(25)23-8-7-16(17(24)10-23)14-3-5-18-19(9-14)27-11-26-18/h3,5,9,12-13,15-17,21-22,24H,4,6-8,10-11H2,1-2H3/t12?,13?,15?,16-,17+/m1/s1. The molecule has 3 heterocycles. The van der Waals surface area contributed by atoms with Gasteiger partial charge >= 0.3 is 0 Å². The zero-order chi connectivity index (χ0) is 19.0. The van der Waals surface area contributed by atoms with E-state index in [9.17, 15) is 9.90 Å². The molecule has 3 N–H and O–H groups in total. The lowest BCUT2D eigenvalue weighted by Crippen LogP contribution is -2.45. The topological polar surface area (TPSA) is 83.1 Å². The van der Waals surface area contributed by atoms with Crippen LogP contribution in [0.1, 0.15) is 44.6 Å². The highest BCUT2D eigenvalue weighted by molar-refractivity contribution is 5.76. The number of benzene rings is 1. The fourth-order valence-electron chi connectivity index (χ4n) is 4.55. The Bertz CT molecular complexity index is 688. The predicted octanol–water partition coefficient (Wildman–Crippen LogP) is 1.37. The third-order valence-corrected chi connectivity index (χ3v) is 6.27. The second-order valence-corrected chi connectivity index (χ2v) is 7.98. The number of carbonyl (C=O) groups is 1. The number of hydrogen-bond donors (Lipinski definition) is 3. The number of nitrogens with one attached hydrogen (secondary N) is 2. The van der Waals surface area contributed by atoms with E-state index in [1.54, 1.807) is 0 Å². The van der Waals surface area contributed by atoms with Crippen molar-refractivity contribution in [3.8, 4) is 11.5 Å². The number of aliphatic hydroxyl groups excluding tert-OH is 1. The molecule has 0 aromatic heterocycles. The number of β-amino-alcohol motifs (C(OH)–C–C–N with tert-alkyl or cyclic N) is 1. The Hall–Kier alpha value is -1.83. The van der Waals surface area contributed by atoms with Crippen molar-refractivity contribution in [1.29, 1.82) is 0 Å². The van der Waals surface area contributed by atoms with Crippen LogP contribution >= 0.6 is 0 Å². The Morgan fingerprint density at radius 1 is 1.22 bits per heavy atom. The maximum Gasteiger partial charge on any atom is 0.231 e. The average molecular weight is 375 g/mol. The van der Waals surface area contributed by atoms with Crippen LogP contribution in [0.3, 0.4) is 0 Å². The molecule has 3 aliphatic heterocycles. The first-order chi connectivity index (χ1) is 13.0. The van der Waals surface area contributed by atoms with Crippen LogP contribution in [0.2, 0.25) is 0 Å². The summed E-state index contributed by atoms with van der Waals surface area (Å²) in [5.74, 6) is 2.10. The SMILES string of the molecule is CC1NNC(C)C1CCC(=O)N1CC[C@H](c2ccc3c(c2)OCO3)[C@@H](O)C1. The number of hydrogen-bond acceptors (Lipinski definition) is 6. The summed E-state index contributed by atoms with van der Waals surface area (Å²) in [5.41, 5.74) is 7.52. The molecule has 4 atom stereocenters. The molecule has 1 amide bonds. The molecule has 7 heteroatoms. The molecule has 0 radical (unpaired) electrons. The van der Waals surface area contributed by atoms with Crippen molar-refractivity contribution in [2.75, 3.05) is 19.9 Å². The highest BCUT2D eigenvalue weighted by Crippen LogP contribution is 2.37. The molecule has 2 saturated heterocycles. The maximum atomic E-state index is 12.6. The van der Waals surface area contributed by atoms with E-state index in [4.69, 9.17) is 9.47 Å². The number of ether oxygens (including phenoxy) is 2. The van der Waals surface area contributed by atoms with Crippen molar-refractivity contribution in [3.63, 3.8) is 0 Å².